The third-order valence-electron chi connectivity index (χ3n) is 4.48. The van der Waals surface area contributed by atoms with Crippen LogP contribution < -0.4 is 4.90 Å². The van der Waals surface area contributed by atoms with Crippen molar-refractivity contribution in [1.29, 1.82) is 0 Å². The smallest absolute Gasteiger partial charge is 0.295 e. The van der Waals surface area contributed by atoms with Crippen LogP contribution in [0.3, 0.4) is 0 Å². The van der Waals surface area contributed by atoms with Crippen molar-refractivity contribution in [2.45, 2.75) is 6.04 Å². The van der Waals surface area contributed by atoms with Crippen molar-refractivity contribution in [1.82, 2.24) is 9.88 Å². The topological polar surface area (TPSA) is 74.9 Å². The Morgan fingerprint density at radius 1 is 1.19 bits per heavy atom. The number of aromatic nitrogens is 1. The van der Waals surface area contributed by atoms with E-state index in [9.17, 15) is 19.1 Å². The van der Waals surface area contributed by atoms with Gasteiger partial charge in [-0.15, -0.1) is 0 Å². The standard InChI is InChI=1S/C20H20FN3O3/c1-23(2)11-12-24-17(15-5-3-4-10-22-15)16(19(26)20(24)27)18(25)13-6-8-14(21)9-7-13/h3-10,17,25H,11-12H2,1-2H3/p+1/t17-/m0/s1. The number of hydrogen-bond donors (Lipinski definition) is 2. The van der Waals surface area contributed by atoms with Crippen molar-refractivity contribution in [2.24, 2.45) is 0 Å². The molecule has 3 rings (SSSR count). The summed E-state index contributed by atoms with van der Waals surface area (Å²) in [5.41, 5.74) is 0.738. The minimum absolute atomic E-state index is 0.0286. The fraction of sp³-hybridized carbons (Fsp3) is 0.250. The number of aliphatic hydroxyl groups excluding tert-OH is 1. The van der Waals surface area contributed by atoms with Crippen molar-refractivity contribution in [2.75, 3.05) is 27.2 Å². The van der Waals surface area contributed by atoms with Crippen molar-refractivity contribution in [3.05, 3.63) is 71.3 Å². The molecule has 27 heavy (non-hydrogen) atoms. The lowest BCUT2D eigenvalue weighted by Gasteiger charge is -2.24. The highest BCUT2D eigenvalue weighted by Gasteiger charge is 2.46. The first kappa shape index (κ1) is 18.7. The van der Waals surface area contributed by atoms with Gasteiger partial charge in [0.05, 0.1) is 38.5 Å². The first-order chi connectivity index (χ1) is 12.9. The number of likely N-dealkylation sites (tertiary alicyclic amines) is 1. The first-order valence-corrected chi connectivity index (χ1v) is 8.64. The molecule has 2 heterocycles. The van der Waals surface area contributed by atoms with Crippen molar-refractivity contribution < 1.29 is 24.0 Å². The molecule has 1 aliphatic rings. The van der Waals surface area contributed by atoms with Crippen LogP contribution in [-0.2, 0) is 9.59 Å². The number of quaternary nitrogens is 1. The van der Waals surface area contributed by atoms with E-state index >= 15 is 0 Å². The maximum absolute atomic E-state index is 13.2. The number of carbonyl (C=O) groups is 2. The van der Waals surface area contributed by atoms with Gasteiger partial charge in [-0.1, -0.05) is 6.07 Å². The van der Waals surface area contributed by atoms with E-state index in [0.29, 0.717) is 18.8 Å². The van der Waals surface area contributed by atoms with Gasteiger partial charge in [-0.3, -0.25) is 14.6 Å². The molecule has 0 aliphatic carbocycles. The highest BCUT2D eigenvalue weighted by molar-refractivity contribution is 6.46. The number of benzene rings is 1. The van der Waals surface area contributed by atoms with Crippen LogP contribution >= 0.6 is 0 Å². The van der Waals surface area contributed by atoms with Crippen LogP contribution in [0.15, 0.2) is 54.2 Å². The second kappa shape index (κ2) is 7.67. The molecular formula is C20H21FN3O3+. The van der Waals surface area contributed by atoms with Crippen LogP contribution in [0, 0.1) is 5.82 Å². The van der Waals surface area contributed by atoms with Gasteiger partial charge in [-0.2, -0.15) is 0 Å². The van der Waals surface area contributed by atoms with E-state index < -0.39 is 23.5 Å². The number of carbonyl (C=O) groups excluding carboxylic acids is 2. The maximum Gasteiger partial charge on any atom is 0.295 e. The number of ketones is 1. The molecule has 6 nitrogen and oxygen atoms in total. The number of aliphatic hydroxyl groups is 1. The van der Waals surface area contributed by atoms with Gasteiger partial charge in [0.1, 0.15) is 17.6 Å². The summed E-state index contributed by atoms with van der Waals surface area (Å²) in [5.74, 6) is -2.22. The molecule has 1 amide bonds. The Kier molecular flexibility index (Phi) is 5.32. The number of pyridine rings is 1. The Balaban J connectivity index is 2.12. The summed E-state index contributed by atoms with van der Waals surface area (Å²) in [7, 11) is 3.90. The Morgan fingerprint density at radius 3 is 2.48 bits per heavy atom. The first-order valence-electron chi connectivity index (χ1n) is 8.64. The normalized spacial score (nSPS) is 19.1. The maximum atomic E-state index is 13.2. The summed E-state index contributed by atoms with van der Waals surface area (Å²) in [5, 5.41) is 10.8. The van der Waals surface area contributed by atoms with E-state index in [-0.39, 0.29) is 16.9 Å². The summed E-state index contributed by atoms with van der Waals surface area (Å²) >= 11 is 0. The highest BCUT2D eigenvalue weighted by Crippen LogP contribution is 2.38. The number of likely N-dealkylation sites (N-methyl/N-ethyl adjacent to an activating group) is 1. The number of rotatable bonds is 5. The van der Waals surface area contributed by atoms with E-state index in [1.54, 1.807) is 24.4 Å². The molecule has 2 N–H and O–H groups in total. The molecule has 1 saturated heterocycles. The third-order valence-corrected chi connectivity index (χ3v) is 4.48. The van der Waals surface area contributed by atoms with E-state index in [1.165, 1.54) is 29.2 Å². The Morgan fingerprint density at radius 2 is 1.89 bits per heavy atom. The van der Waals surface area contributed by atoms with Crippen LogP contribution in [0.25, 0.3) is 5.76 Å². The number of amides is 1. The van der Waals surface area contributed by atoms with Crippen molar-refractivity contribution in [3.8, 4) is 0 Å². The summed E-state index contributed by atoms with van der Waals surface area (Å²) in [4.78, 5) is 32.2. The predicted molar refractivity (Wildman–Crippen MR) is 97.3 cm³/mol. The number of nitrogens with zero attached hydrogens (tertiary/aromatic N) is 2. The average Bonchev–Trinajstić information content (AvgIpc) is 2.91. The molecule has 0 bridgehead atoms. The lowest BCUT2D eigenvalue weighted by Crippen LogP contribution is -3.06. The Hall–Kier alpha value is -3.06. The van der Waals surface area contributed by atoms with Crippen molar-refractivity contribution >= 4 is 17.4 Å². The summed E-state index contributed by atoms with van der Waals surface area (Å²) in [6.07, 6.45) is 1.57. The summed E-state index contributed by atoms with van der Waals surface area (Å²) in [6.45, 7) is 0.974. The van der Waals surface area contributed by atoms with Gasteiger partial charge in [-0.25, -0.2) is 4.39 Å². The minimum Gasteiger partial charge on any atom is -0.507 e. The lowest BCUT2D eigenvalue weighted by molar-refractivity contribution is -0.857. The second-order valence-corrected chi connectivity index (χ2v) is 6.71. The molecule has 1 atom stereocenters. The fourth-order valence-electron chi connectivity index (χ4n) is 3.06. The molecule has 0 radical (unpaired) electrons. The highest BCUT2D eigenvalue weighted by atomic mass is 19.1. The minimum atomic E-state index is -0.782. The van der Waals surface area contributed by atoms with Gasteiger partial charge in [-0.05, 0) is 36.4 Å². The van der Waals surface area contributed by atoms with Crippen LogP contribution in [0.1, 0.15) is 17.3 Å². The predicted octanol–water partition coefficient (Wildman–Crippen LogP) is 0.787. The van der Waals surface area contributed by atoms with E-state index in [4.69, 9.17) is 0 Å². The molecule has 2 aromatic rings. The summed E-state index contributed by atoms with van der Waals surface area (Å²) < 4.78 is 13.2. The molecule has 0 spiro atoms. The van der Waals surface area contributed by atoms with Crippen molar-refractivity contribution in [3.63, 3.8) is 0 Å². The SMILES string of the molecule is C[NH+](C)CCN1C(=O)C(=O)C(=C(O)c2ccc(F)cc2)[C@@H]1c1ccccn1. The number of Topliss-reactive ketones (excluding diaryl/α,β-unsaturated/α-hetero) is 1. The van der Waals surface area contributed by atoms with Gasteiger partial charge >= 0.3 is 0 Å². The zero-order valence-electron chi connectivity index (χ0n) is 15.1. The van der Waals surface area contributed by atoms with Crippen LogP contribution in [0.2, 0.25) is 0 Å². The third kappa shape index (κ3) is 3.73. The Labute approximate surface area is 156 Å². The molecule has 1 aromatic carbocycles. The quantitative estimate of drug-likeness (QED) is 0.464. The lowest BCUT2D eigenvalue weighted by atomic mass is 9.98. The number of halogens is 1. The van der Waals surface area contributed by atoms with Gasteiger partial charge in [0.25, 0.3) is 11.7 Å². The van der Waals surface area contributed by atoms with Gasteiger partial charge < -0.3 is 14.9 Å². The molecule has 7 heteroatoms. The number of nitrogens with one attached hydrogen (secondary N) is 1. The van der Waals surface area contributed by atoms with E-state index in [0.717, 1.165) is 4.90 Å². The molecule has 1 fully saturated rings. The molecular weight excluding hydrogens is 349 g/mol. The summed E-state index contributed by atoms with van der Waals surface area (Å²) in [6, 6.07) is 9.55. The van der Waals surface area contributed by atoms with Gasteiger partial charge in [0.15, 0.2) is 0 Å². The average molecular weight is 370 g/mol. The fourth-order valence-corrected chi connectivity index (χ4v) is 3.06. The van der Waals surface area contributed by atoms with Crippen LogP contribution in [-0.4, -0.2) is 53.9 Å². The molecule has 0 unspecified atom stereocenters. The zero-order chi connectivity index (χ0) is 19.6. The van der Waals surface area contributed by atoms with Gasteiger partial charge in [0.2, 0.25) is 0 Å². The zero-order valence-corrected chi connectivity index (χ0v) is 15.1. The van der Waals surface area contributed by atoms with Gasteiger partial charge in [0, 0.05) is 11.8 Å². The Bertz CT molecular complexity index is 879. The van der Waals surface area contributed by atoms with E-state index in [1.807, 2.05) is 14.1 Å². The van der Waals surface area contributed by atoms with Crippen LogP contribution in [0.4, 0.5) is 4.39 Å². The van der Waals surface area contributed by atoms with E-state index in [2.05, 4.69) is 4.98 Å². The monoisotopic (exact) mass is 370 g/mol. The number of hydrogen-bond acceptors (Lipinski definition) is 4. The van der Waals surface area contributed by atoms with Crippen LogP contribution in [0.5, 0.6) is 0 Å². The molecule has 1 aromatic heterocycles. The molecule has 0 saturated carbocycles. The second-order valence-electron chi connectivity index (χ2n) is 6.71. The largest absolute Gasteiger partial charge is 0.507 e. The molecule has 140 valence electrons. The molecule has 1 aliphatic heterocycles.